The molecule has 0 aliphatic rings. The van der Waals surface area contributed by atoms with Gasteiger partial charge in [0.25, 0.3) is 5.92 Å². The van der Waals surface area contributed by atoms with Gasteiger partial charge in [-0.2, -0.15) is 17.6 Å². The van der Waals surface area contributed by atoms with E-state index in [1.165, 1.54) is 0 Å². The molecule has 0 spiro atoms. The standard InChI is InChI=1S/C7H8F6/c1-3-6(10,11)7(12,13)4-5(2,8)9/h3H,1,4H2,2H3. The minimum Gasteiger partial charge on any atom is -0.207 e. The summed E-state index contributed by atoms with van der Waals surface area (Å²) in [5, 5.41) is 0. The summed E-state index contributed by atoms with van der Waals surface area (Å²) < 4.78 is 73.4. The summed E-state index contributed by atoms with van der Waals surface area (Å²) in [5.74, 6) is -13.2. The van der Waals surface area contributed by atoms with Gasteiger partial charge < -0.3 is 0 Å². The molecule has 0 atom stereocenters. The van der Waals surface area contributed by atoms with Gasteiger partial charge in [0.2, 0.25) is 0 Å². The number of rotatable bonds is 4. The second-order valence-corrected chi connectivity index (χ2v) is 2.78. The third-order valence-corrected chi connectivity index (χ3v) is 1.28. The van der Waals surface area contributed by atoms with Crippen molar-refractivity contribution in [3.8, 4) is 0 Å². The predicted molar refractivity (Wildman–Crippen MR) is 35.3 cm³/mol. The van der Waals surface area contributed by atoms with Crippen LogP contribution >= 0.6 is 0 Å². The molecule has 0 saturated carbocycles. The summed E-state index contributed by atoms with van der Waals surface area (Å²) in [7, 11) is 0. The van der Waals surface area contributed by atoms with Crippen LogP contribution in [0.5, 0.6) is 0 Å². The van der Waals surface area contributed by atoms with Gasteiger partial charge in [-0.15, -0.1) is 0 Å². The van der Waals surface area contributed by atoms with E-state index >= 15 is 0 Å². The molecule has 0 aliphatic heterocycles. The Morgan fingerprint density at radius 2 is 1.46 bits per heavy atom. The Labute approximate surface area is 71.2 Å². The quantitative estimate of drug-likeness (QED) is 0.488. The van der Waals surface area contributed by atoms with E-state index in [-0.39, 0.29) is 13.0 Å². The van der Waals surface area contributed by atoms with E-state index in [9.17, 15) is 26.3 Å². The lowest BCUT2D eigenvalue weighted by Gasteiger charge is -2.25. The molecule has 0 radical (unpaired) electrons. The highest BCUT2D eigenvalue weighted by molar-refractivity contribution is 4.99. The minimum atomic E-state index is -4.77. The lowest BCUT2D eigenvalue weighted by atomic mass is 10.1. The van der Waals surface area contributed by atoms with Crippen molar-refractivity contribution in [1.29, 1.82) is 0 Å². The second kappa shape index (κ2) is 3.23. The van der Waals surface area contributed by atoms with Crippen LogP contribution in [0.3, 0.4) is 0 Å². The molecular weight excluding hydrogens is 198 g/mol. The normalized spacial score (nSPS) is 14.4. The van der Waals surface area contributed by atoms with E-state index in [4.69, 9.17) is 0 Å². The van der Waals surface area contributed by atoms with E-state index < -0.39 is 24.2 Å². The van der Waals surface area contributed by atoms with Crippen LogP contribution in [0.1, 0.15) is 13.3 Å². The van der Waals surface area contributed by atoms with Crippen molar-refractivity contribution >= 4 is 0 Å². The lowest BCUT2D eigenvalue weighted by Crippen LogP contribution is -2.42. The molecule has 0 aromatic rings. The first-order valence-electron chi connectivity index (χ1n) is 3.29. The molecule has 0 aromatic carbocycles. The van der Waals surface area contributed by atoms with E-state index in [1.807, 2.05) is 0 Å². The van der Waals surface area contributed by atoms with Gasteiger partial charge in [-0.05, 0) is 13.0 Å². The van der Waals surface area contributed by atoms with Crippen LogP contribution in [0.15, 0.2) is 12.7 Å². The highest BCUT2D eigenvalue weighted by Gasteiger charge is 2.57. The van der Waals surface area contributed by atoms with Crippen molar-refractivity contribution in [3.05, 3.63) is 12.7 Å². The summed E-state index contributed by atoms with van der Waals surface area (Å²) in [6, 6.07) is 0. The Morgan fingerprint density at radius 3 is 1.69 bits per heavy atom. The summed E-state index contributed by atoms with van der Waals surface area (Å²) in [6.07, 6.45) is -2.53. The molecule has 0 N–H and O–H groups in total. The fraction of sp³-hybridized carbons (Fsp3) is 0.714. The van der Waals surface area contributed by atoms with Crippen LogP contribution < -0.4 is 0 Å². The molecular formula is C7H8F6. The number of hydrogen-bond acceptors (Lipinski definition) is 0. The summed E-state index contributed by atoms with van der Waals surface area (Å²) >= 11 is 0. The lowest BCUT2D eigenvalue weighted by molar-refractivity contribution is -0.212. The van der Waals surface area contributed by atoms with Crippen molar-refractivity contribution in [1.82, 2.24) is 0 Å². The Morgan fingerprint density at radius 1 is 1.08 bits per heavy atom. The first kappa shape index (κ1) is 12.3. The number of allylic oxidation sites excluding steroid dienone is 1. The fourth-order valence-corrected chi connectivity index (χ4v) is 0.657. The number of alkyl halides is 6. The minimum absolute atomic E-state index is 0.153. The van der Waals surface area contributed by atoms with Crippen LogP contribution in [-0.2, 0) is 0 Å². The van der Waals surface area contributed by atoms with E-state index in [2.05, 4.69) is 6.58 Å². The van der Waals surface area contributed by atoms with Crippen LogP contribution in [-0.4, -0.2) is 17.8 Å². The molecule has 78 valence electrons. The number of halogens is 6. The van der Waals surface area contributed by atoms with Crippen molar-refractivity contribution in [2.24, 2.45) is 0 Å². The smallest absolute Gasteiger partial charge is 0.207 e. The van der Waals surface area contributed by atoms with Crippen LogP contribution in [0, 0.1) is 0 Å². The summed E-state index contributed by atoms with van der Waals surface area (Å²) in [4.78, 5) is 0. The van der Waals surface area contributed by atoms with Gasteiger partial charge in [0, 0.05) is 0 Å². The van der Waals surface area contributed by atoms with E-state index in [1.54, 1.807) is 0 Å². The van der Waals surface area contributed by atoms with Gasteiger partial charge in [0.15, 0.2) is 0 Å². The first-order valence-corrected chi connectivity index (χ1v) is 3.29. The maximum absolute atomic E-state index is 12.4. The largest absolute Gasteiger partial charge is 0.328 e. The Balaban J connectivity index is 4.67. The van der Waals surface area contributed by atoms with Gasteiger partial charge in [0.05, 0.1) is 6.42 Å². The molecule has 13 heavy (non-hydrogen) atoms. The zero-order chi connectivity index (χ0) is 10.9. The third kappa shape index (κ3) is 3.28. The molecule has 0 heterocycles. The number of hydrogen-bond donors (Lipinski definition) is 0. The Hall–Kier alpha value is -0.680. The molecule has 0 bridgehead atoms. The SMILES string of the molecule is C=CC(F)(F)C(F)(F)CC(C)(F)F. The molecule has 0 rings (SSSR count). The van der Waals surface area contributed by atoms with Crippen molar-refractivity contribution in [2.75, 3.05) is 0 Å². The van der Waals surface area contributed by atoms with Crippen molar-refractivity contribution in [2.45, 2.75) is 31.1 Å². The maximum Gasteiger partial charge on any atom is 0.328 e. The molecule has 0 amide bonds. The van der Waals surface area contributed by atoms with E-state index in [0.717, 1.165) is 0 Å². The van der Waals surface area contributed by atoms with Crippen LogP contribution in [0.25, 0.3) is 0 Å². The van der Waals surface area contributed by atoms with E-state index in [0.29, 0.717) is 0 Å². The molecule has 0 aliphatic carbocycles. The predicted octanol–water partition coefficient (Wildman–Crippen LogP) is 3.49. The van der Waals surface area contributed by atoms with Gasteiger partial charge in [-0.1, -0.05) is 6.58 Å². The average Bonchev–Trinajstić information content (AvgIpc) is 1.81. The second-order valence-electron chi connectivity index (χ2n) is 2.78. The molecule has 0 fully saturated rings. The molecule has 6 heteroatoms. The highest BCUT2D eigenvalue weighted by Crippen LogP contribution is 2.42. The molecule has 0 saturated heterocycles. The molecule has 0 nitrogen and oxygen atoms in total. The average molecular weight is 206 g/mol. The third-order valence-electron chi connectivity index (χ3n) is 1.28. The van der Waals surface area contributed by atoms with Crippen LogP contribution in [0.2, 0.25) is 0 Å². The summed E-state index contributed by atoms with van der Waals surface area (Å²) in [5.41, 5.74) is 0. The van der Waals surface area contributed by atoms with Crippen molar-refractivity contribution < 1.29 is 26.3 Å². The summed E-state index contributed by atoms with van der Waals surface area (Å²) in [6.45, 7) is 2.61. The zero-order valence-corrected chi connectivity index (χ0v) is 6.76. The topological polar surface area (TPSA) is 0 Å². The Kier molecular flexibility index (Phi) is 3.06. The van der Waals surface area contributed by atoms with Gasteiger partial charge in [0.1, 0.15) is 0 Å². The highest BCUT2D eigenvalue weighted by atomic mass is 19.3. The van der Waals surface area contributed by atoms with Crippen molar-refractivity contribution in [3.63, 3.8) is 0 Å². The van der Waals surface area contributed by atoms with Gasteiger partial charge in [-0.25, -0.2) is 8.78 Å². The Bertz CT molecular complexity index is 190. The van der Waals surface area contributed by atoms with Gasteiger partial charge >= 0.3 is 11.8 Å². The fourth-order valence-electron chi connectivity index (χ4n) is 0.657. The first-order chi connectivity index (χ1) is 5.52. The van der Waals surface area contributed by atoms with Gasteiger partial charge in [-0.3, -0.25) is 0 Å². The molecule has 0 aromatic heterocycles. The molecule has 0 unspecified atom stereocenters. The monoisotopic (exact) mass is 206 g/mol. The van der Waals surface area contributed by atoms with Crippen LogP contribution in [0.4, 0.5) is 26.3 Å². The maximum atomic E-state index is 12.4. The zero-order valence-electron chi connectivity index (χ0n) is 6.76.